The van der Waals surface area contributed by atoms with Crippen molar-refractivity contribution in [3.8, 4) is 5.75 Å². The highest BCUT2D eigenvalue weighted by Gasteiger charge is 2.14. The minimum Gasteiger partial charge on any atom is -0.496 e. The number of hydrogen-bond donors (Lipinski definition) is 2. The van der Waals surface area contributed by atoms with Crippen LogP contribution < -0.4 is 15.8 Å². The highest BCUT2D eigenvalue weighted by Crippen LogP contribution is 2.26. The summed E-state index contributed by atoms with van der Waals surface area (Å²) in [5.41, 5.74) is 8.94. The third kappa shape index (κ3) is 5.14. The quantitative estimate of drug-likeness (QED) is 0.880. The van der Waals surface area contributed by atoms with Gasteiger partial charge < -0.3 is 15.8 Å². The first kappa shape index (κ1) is 18.8. The molecular weight excluding hydrogens is 314 g/mol. The highest BCUT2D eigenvalue weighted by molar-refractivity contribution is 5.85. The van der Waals surface area contributed by atoms with Gasteiger partial charge in [0.2, 0.25) is 5.91 Å². The number of ether oxygens (including phenoxy) is 1. The average molecular weight is 336 g/mol. The van der Waals surface area contributed by atoms with E-state index in [1.807, 2.05) is 32.0 Å². The maximum absolute atomic E-state index is 12.1. The molecule has 1 aromatic carbocycles. The van der Waals surface area contributed by atoms with Crippen LogP contribution in [0.3, 0.4) is 0 Å². The van der Waals surface area contributed by atoms with E-state index in [-0.39, 0.29) is 30.8 Å². The average Bonchev–Trinajstić information content (AvgIpc) is 2.49. The Morgan fingerprint density at radius 3 is 2.70 bits per heavy atom. The van der Waals surface area contributed by atoms with Crippen molar-refractivity contribution in [2.75, 3.05) is 12.8 Å². The molecule has 0 aliphatic rings. The number of rotatable bonds is 5. The Kier molecular flexibility index (Phi) is 6.85. The van der Waals surface area contributed by atoms with E-state index in [0.29, 0.717) is 11.4 Å². The minimum absolute atomic E-state index is 0. The summed E-state index contributed by atoms with van der Waals surface area (Å²) in [4.78, 5) is 16.3. The number of carbonyl (C=O) groups excluding carboxylic acids is 1. The number of nitrogens with zero attached hydrogens (tertiary/aromatic N) is 1. The van der Waals surface area contributed by atoms with Crippen molar-refractivity contribution in [2.24, 2.45) is 0 Å². The number of nitrogens with one attached hydrogen (secondary N) is 1. The number of aromatic nitrogens is 1. The second kappa shape index (κ2) is 8.39. The van der Waals surface area contributed by atoms with Crippen LogP contribution in [0.2, 0.25) is 0 Å². The van der Waals surface area contributed by atoms with Gasteiger partial charge in [0, 0.05) is 11.3 Å². The summed E-state index contributed by atoms with van der Waals surface area (Å²) in [6, 6.07) is 9.26. The van der Waals surface area contributed by atoms with E-state index in [1.54, 1.807) is 25.4 Å². The number of aryl methyl sites for hydroxylation is 1. The minimum atomic E-state index is -0.142. The molecule has 1 heterocycles. The van der Waals surface area contributed by atoms with E-state index < -0.39 is 0 Å². The first-order valence-electron chi connectivity index (χ1n) is 7.14. The van der Waals surface area contributed by atoms with Crippen LogP contribution in [0.5, 0.6) is 5.75 Å². The lowest BCUT2D eigenvalue weighted by molar-refractivity contribution is -0.121. The molecule has 0 fully saturated rings. The van der Waals surface area contributed by atoms with E-state index in [4.69, 9.17) is 10.5 Å². The number of nitrogen functional groups attached to an aromatic ring is 1. The SMILES string of the molecule is COc1ccc(C)cc1C(C)NC(=O)Cc1ccc(N)cn1.Cl. The van der Waals surface area contributed by atoms with Crippen molar-refractivity contribution < 1.29 is 9.53 Å². The van der Waals surface area contributed by atoms with E-state index in [0.717, 1.165) is 16.9 Å². The van der Waals surface area contributed by atoms with E-state index in [2.05, 4.69) is 10.3 Å². The molecule has 0 bridgehead atoms. The Balaban J connectivity index is 0.00000264. The summed E-state index contributed by atoms with van der Waals surface area (Å²) in [6.07, 6.45) is 1.77. The summed E-state index contributed by atoms with van der Waals surface area (Å²) < 4.78 is 5.36. The summed E-state index contributed by atoms with van der Waals surface area (Å²) >= 11 is 0. The molecule has 0 saturated carbocycles. The van der Waals surface area contributed by atoms with Crippen LogP contribution in [-0.2, 0) is 11.2 Å². The summed E-state index contributed by atoms with van der Waals surface area (Å²) in [5.74, 6) is 0.678. The first-order valence-corrected chi connectivity index (χ1v) is 7.14. The van der Waals surface area contributed by atoms with E-state index in [9.17, 15) is 4.79 Å². The Bertz CT molecular complexity index is 659. The monoisotopic (exact) mass is 335 g/mol. The van der Waals surface area contributed by atoms with Crippen molar-refractivity contribution in [2.45, 2.75) is 26.3 Å². The molecule has 0 aliphatic carbocycles. The molecule has 124 valence electrons. The predicted octanol–water partition coefficient (Wildman–Crippen LogP) is 2.82. The van der Waals surface area contributed by atoms with Crippen LogP contribution >= 0.6 is 12.4 Å². The molecule has 0 radical (unpaired) electrons. The summed E-state index contributed by atoms with van der Waals surface area (Å²) in [6.45, 7) is 3.95. The fourth-order valence-corrected chi connectivity index (χ4v) is 2.27. The number of anilines is 1. The third-order valence-electron chi connectivity index (χ3n) is 3.42. The van der Waals surface area contributed by atoms with Gasteiger partial charge in [-0.1, -0.05) is 17.7 Å². The van der Waals surface area contributed by atoms with Gasteiger partial charge in [-0.25, -0.2) is 0 Å². The molecular formula is C17H22ClN3O2. The molecule has 2 aromatic rings. The second-order valence-corrected chi connectivity index (χ2v) is 5.29. The molecule has 1 unspecified atom stereocenters. The maximum Gasteiger partial charge on any atom is 0.226 e. The van der Waals surface area contributed by atoms with Crippen LogP contribution in [-0.4, -0.2) is 18.0 Å². The number of hydrogen-bond acceptors (Lipinski definition) is 4. The van der Waals surface area contributed by atoms with Crippen molar-refractivity contribution in [1.29, 1.82) is 0 Å². The molecule has 0 saturated heterocycles. The van der Waals surface area contributed by atoms with Crippen LogP contribution in [0.15, 0.2) is 36.5 Å². The maximum atomic E-state index is 12.1. The fraction of sp³-hybridized carbons (Fsp3) is 0.294. The van der Waals surface area contributed by atoms with Crippen LogP contribution in [0.4, 0.5) is 5.69 Å². The molecule has 0 aliphatic heterocycles. The molecule has 1 amide bonds. The van der Waals surface area contributed by atoms with Gasteiger partial charge >= 0.3 is 0 Å². The number of benzene rings is 1. The molecule has 6 heteroatoms. The molecule has 2 rings (SSSR count). The topological polar surface area (TPSA) is 77.2 Å². The van der Waals surface area contributed by atoms with Crippen LogP contribution in [0.1, 0.15) is 29.8 Å². The van der Waals surface area contributed by atoms with Gasteiger partial charge in [-0.15, -0.1) is 12.4 Å². The van der Waals surface area contributed by atoms with Gasteiger partial charge in [0.1, 0.15) is 5.75 Å². The zero-order valence-corrected chi connectivity index (χ0v) is 14.3. The zero-order chi connectivity index (χ0) is 16.1. The van der Waals surface area contributed by atoms with Gasteiger partial charge in [-0.3, -0.25) is 9.78 Å². The van der Waals surface area contributed by atoms with Crippen molar-refractivity contribution in [1.82, 2.24) is 10.3 Å². The van der Waals surface area contributed by atoms with Crippen molar-refractivity contribution in [3.05, 3.63) is 53.3 Å². The normalized spacial score (nSPS) is 11.3. The Morgan fingerprint density at radius 2 is 2.09 bits per heavy atom. The molecule has 5 nitrogen and oxygen atoms in total. The van der Waals surface area contributed by atoms with Gasteiger partial charge in [-0.05, 0) is 32.0 Å². The van der Waals surface area contributed by atoms with Crippen LogP contribution in [0.25, 0.3) is 0 Å². The zero-order valence-electron chi connectivity index (χ0n) is 13.5. The number of halogens is 1. The van der Waals surface area contributed by atoms with E-state index >= 15 is 0 Å². The highest BCUT2D eigenvalue weighted by atomic mass is 35.5. The Labute approximate surface area is 142 Å². The lowest BCUT2D eigenvalue weighted by Crippen LogP contribution is -2.28. The molecule has 3 N–H and O–H groups in total. The molecule has 23 heavy (non-hydrogen) atoms. The molecule has 0 spiro atoms. The lowest BCUT2D eigenvalue weighted by Gasteiger charge is -2.18. The van der Waals surface area contributed by atoms with Crippen molar-refractivity contribution >= 4 is 24.0 Å². The standard InChI is InChI=1S/C17H21N3O2.ClH/c1-11-4-7-16(22-3)15(8-11)12(2)20-17(21)9-14-6-5-13(18)10-19-14;/h4-8,10,12H,9,18H2,1-3H3,(H,20,21);1H. The first-order chi connectivity index (χ1) is 10.5. The van der Waals surface area contributed by atoms with Gasteiger partial charge in [0.25, 0.3) is 0 Å². The van der Waals surface area contributed by atoms with Gasteiger partial charge in [0.05, 0.1) is 31.5 Å². The smallest absolute Gasteiger partial charge is 0.226 e. The molecule has 1 aromatic heterocycles. The Morgan fingerprint density at radius 1 is 1.35 bits per heavy atom. The summed E-state index contributed by atoms with van der Waals surface area (Å²) in [7, 11) is 1.63. The molecule has 1 atom stereocenters. The largest absolute Gasteiger partial charge is 0.496 e. The lowest BCUT2D eigenvalue weighted by atomic mass is 10.0. The number of methoxy groups -OCH3 is 1. The Hall–Kier alpha value is -2.27. The fourth-order valence-electron chi connectivity index (χ4n) is 2.27. The predicted molar refractivity (Wildman–Crippen MR) is 93.9 cm³/mol. The van der Waals surface area contributed by atoms with E-state index in [1.165, 1.54) is 0 Å². The van der Waals surface area contributed by atoms with Gasteiger partial charge in [0.15, 0.2) is 0 Å². The van der Waals surface area contributed by atoms with Gasteiger partial charge in [-0.2, -0.15) is 0 Å². The number of nitrogens with two attached hydrogens (primary N) is 1. The van der Waals surface area contributed by atoms with Crippen molar-refractivity contribution in [3.63, 3.8) is 0 Å². The summed E-state index contributed by atoms with van der Waals surface area (Å²) in [5, 5.41) is 2.97. The number of amides is 1. The second-order valence-electron chi connectivity index (χ2n) is 5.29. The van der Waals surface area contributed by atoms with Crippen LogP contribution in [0, 0.1) is 6.92 Å². The third-order valence-corrected chi connectivity index (χ3v) is 3.42. The number of pyridine rings is 1. The number of carbonyl (C=O) groups is 1.